The largest absolute Gasteiger partial charge is 0.372 e. The second kappa shape index (κ2) is 7.15. The Hall–Kier alpha value is -4.20. The van der Waals surface area contributed by atoms with Crippen LogP contribution in [-0.4, -0.2) is 0 Å². The molecule has 0 unspecified atom stereocenters. The van der Waals surface area contributed by atoms with Gasteiger partial charge < -0.3 is 4.74 Å². The van der Waals surface area contributed by atoms with Crippen molar-refractivity contribution in [2.45, 2.75) is 13.2 Å². The summed E-state index contributed by atoms with van der Waals surface area (Å²) in [4.78, 5) is 0. The van der Waals surface area contributed by atoms with Crippen LogP contribution >= 0.6 is 0 Å². The molecule has 8 aromatic rings. The Kier molecular flexibility index (Phi) is 3.91. The van der Waals surface area contributed by atoms with Gasteiger partial charge in [0.15, 0.2) is 0 Å². The standard InChI is InChI=1S/C34H22O/c1-3-23-7-11-27-15-21(16-28-12-8-24(4-1)31(23)33(27)28)19-35-20-22-17-29-13-9-25-5-2-6-26-10-14-30(18-22)34(29)32(25)26/h1-18H,19-20H2. The van der Waals surface area contributed by atoms with Crippen molar-refractivity contribution in [1.29, 1.82) is 0 Å². The van der Waals surface area contributed by atoms with Crippen LogP contribution in [-0.2, 0) is 18.0 Å². The van der Waals surface area contributed by atoms with Gasteiger partial charge in [-0.15, -0.1) is 0 Å². The zero-order chi connectivity index (χ0) is 22.9. The van der Waals surface area contributed by atoms with E-state index in [0.29, 0.717) is 13.2 Å². The Bertz CT molecular complexity index is 1760. The average molecular weight is 447 g/mol. The van der Waals surface area contributed by atoms with Crippen molar-refractivity contribution in [3.05, 3.63) is 120 Å². The summed E-state index contributed by atoms with van der Waals surface area (Å²) in [6.07, 6.45) is 0. The van der Waals surface area contributed by atoms with Gasteiger partial charge in [0.25, 0.3) is 0 Å². The Balaban J connectivity index is 1.13. The molecule has 0 aliphatic heterocycles. The first-order chi connectivity index (χ1) is 17.3. The van der Waals surface area contributed by atoms with E-state index < -0.39 is 0 Å². The lowest BCUT2D eigenvalue weighted by molar-refractivity contribution is 0.107. The lowest BCUT2D eigenvalue weighted by Crippen LogP contribution is -1.96. The van der Waals surface area contributed by atoms with Gasteiger partial charge in [-0.2, -0.15) is 0 Å². The van der Waals surface area contributed by atoms with E-state index in [0.717, 1.165) is 0 Å². The molecule has 1 nitrogen and oxygen atoms in total. The Morgan fingerprint density at radius 2 is 0.629 bits per heavy atom. The molecule has 8 rings (SSSR count). The van der Waals surface area contributed by atoms with Crippen molar-refractivity contribution in [3.63, 3.8) is 0 Å². The zero-order valence-electron chi connectivity index (χ0n) is 19.2. The summed E-state index contributed by atoms with van der Waals surface area (Å²) in [6.45, 7) is 1.20. The first-order valence-corrected chi connectivity index (χ1v) is 12.2. The summed E-state index contributed by atoms with van der Waals surface area (Å²) in [5.74, 6) is 0. The molecule has 8 aromatic carbocycles. The number of ether oxygens (including phenoxy) is 1. The summed E-state index contributed by atoms with van der Waals surface area (Å²) in [5.41, 5.74) is 2.43. The topological polar surface area (TPSA) is 9.23 Å². The van der Waals surface area contributed by atoms with Gasteiger partial charge in [0.2, 0.25) is 0 Å². The van der Waals surface area contributed by atoms with Gasteiger partial charge in [0.1, 0.15) is 0 Å². The highest BCUT2D eigenvalue weighted by molar-refractivity contribution is 6.24. The van der Waals surface area contributed by atoms with E-state index in [-0.39, 0.29) is 0 Å². The Morgan fingerprint density at radius 1 is 0.343 bits per heavy atom. The van der Waals surface area contributed by atoms with Crippen molar-refractivity contribution < 1.29 is 4.74 Å². The molecule has 0 atom stereocenters. The third kappa shape index (κ3) is 2.86. The quantitative estimate of drug-likeness (QED) is 0.245. The summed E-state index contributed by atoms with van der Waals surface area (Å²) in [6, 6.07) is 40.1. The maximum atomic E-state index is 6.26. The normalized spacial score (nSPS) is 12.3. The number of hydrogen-bond donors (Lipinski definition) is 0. The third-order valence-corrected chi connectivity index (χ3v) is 7.58. The fourth-order valence-electron chi connectivity index (χ4n) is 6.09. The van der Waals surface area contributed by atoms with Gasteiger partial charge >= 0.3 is 0 Å². The molecule has 0 saturated carbocycles. The summed E-state index contributed by atoms with van der Waals surface area (Å²) in [7, 11) is 0. The van der Waals surface area contributed by atoms with Crippen molar-refractivity contribution in [1.82, 2.24) is 0 Å². The molecule has 0 fully saturated rings. The summed E-state index contributed by atoms with van der Waals surface area (Å²) in [5, 5.41) is 15.8. The predicted molar refractivity (Wildman–Crippen MR) is 149 cm³/mol. The molecule has 0 aromatic heterocycles. The van der Waals surface area contributed by atoms with E-state index in [4.69, 9.17) is 4.74 Å². The smallest absolute Gasteiger partial charge is 0.0721 e. The highest BCUT2D eigenvalue weighted by Crippen LogP contribution is 2.36. The molecule has 164 valence electrons. The highest BCUT2D eigenvalue weighted by atomic mass is 16.5. The molecule has 0 aliphatic rings. The minimum Gasteiger partial charge on any atom is -0.372 e. The first-order valence-electron chi connectivity index (χ1n) is 12.2. The van der Waals surface area contributed by atoms with Gasteiger partial charge in [-0.25, -0.2) is 0 Å². The van der Waals surface area contributed by atoms with Gasteiger partial charge in [-0.05, 0) is 100 Å². The first kappa shape index (κ1) is 19.1. The van der Waals surface area contributed by atoms with Crippen molar-refractivity contribution in [2.75, 3.05) is 0 Å². The molecule has 0 heterocycles. The zero-order valence-corrected chi connectivity index (χ0v) is 19.2. The van der Waals surface area contributed by atoms with E-state index in [1.165, 1.54) is 75.8 Å². The van der Waals surface area contributed by atoms with Gasteiger partial charge in [-0.1, -0.05) is 84.9 Å². The minimum absolute atomic E-state index is 0.599. The van der Waals surface area contributed by atoms with Gasteiger partial charge in [-0.3, -0.25) is 0 Å². The molecule has 0 N–H and O–H groups in total. The van der Waals surface area contributed by atoms with Crippen molar-refractivity contribution in [2.24, 2.45) is 0 Å². The van der Waals surface area contributed by atoms with Crippen molar-refractivity contribution in [3.8, 4) is 0 Å². The lowest BCUT2D eigenvalue weighted by Gasteiger charge is -2.14. The molecule has 0 spiro atoms. The van der Waals surface area contributed by atoms with Crippen LogP contribution in [0.3, 0.4) is 0 Å². The third-order valence-electron chi connectivity index (χ3n) is 7.58. The van der Waals surface area contributed by atoms with Crippen LogP contribution in [0, 0.1) is 0 Å². The molecule has 0 radical (unpaired) electrons. The van der Waals surface area contributed by atoms with Crippen LogP contribution in [0.1, 0.15) is 11.1 Å². The van der Waals surface area contributed by atoms with Crippen LogP contribution in [0.5, 0.6) is 0 Å². The van der Waals surface area contributed by atoms with Crippen LogP contribution in [0.25, 0.3) is 64.6 Å². The van der Waals surface area contributed by atoms with Crippen LogP contribution in [0.15, 0.2) is 109 Å². The monoisotopic (exact) mass is 446 g/mol. The van der Waals surface area contributed by atoms with Gasteiger partial charge in [0, 0.05) is 0 Å². The number of benzene rings is 8. The van der Waals surface area contributed by atoms with E-state index in [1.54, 1.807) is 0 Å². The van der Waals surface area contributed by atoms with Crippen LogP contribution in [0.2, 0.25) is 0 Å². The molecular weight excluding hydrogens is 424 g/mol. The molecule has 35 heavy (non-hydrogen) atoms. The van der Waals surface area contributed by atoms with E-state index in [1.807, 2.05) is 0 Å². The second-order valence-electron chi connectivity index (χ2n) is 9.75. The molecule has 0 bridgehead atoms. The van der Waals surface area contributed by atoms with E-state index in [9.17, 15) is 0 Å². The average Bonchev–Trinajstić information content (AvgIpc) is 2.90. The van der Waals surface area contributed by atoms with Gasteiger partial charge in [0.05, 0.1) is 13.2 Å². The van der Waals surface area contributed by atoms with Crippen LogP contribution < -0.4 is 0 Å². The predicted octanol–water partition coefficient (Wildman–Crippen LogP) is 9.20. The Morgan fingerprint density at radius 3 is 0.971 bits per heavy atom. The number of hydrogen-bond acceptors (Lipinski definition) is 1. The fraction of sp³-hybridized carbons (Fsp3) is 0.0588. The number of rotatable bonds is 4. The summed E-state index contributed by atoms with van der Waals surface area (Å²) < 4.78 is 6.26. The molecule has 0 amide bonds. The maximum Gasteiger partial charge on any atom is 0.0721 e. The molecule has 0 saturated heterocycles. The maximum absolute atomic E-state index is 6.26. The van der Waals surface area contributed by atoms with E-state index in [2.05, 4.69) is 109 Å². The second-order valence-corrected chi connectivity index (χ2v) is 9.75. The molecule has 1 heteroatoms. The minimum atomic E-state index is 0.599. The SMILES string of the molecule is c1cc2ccc3cc(COCc4cc5ccc6cccc7ccc(c4)c5c67)cc4ccc(c1)c2c34. The van der Waals surface area contributed by atoms with Crippen molar-refractivity contribution >= 4 is 64.6 Å². The molecular formula is C34H22O. The fourth-order valence-corrected chi connectivity index (χ4v) is 6.09. The van der Waals surface area contributed by atoms with Crippen LogP contribution in [0.4, 0.5) is 0 Å². The molecule has 0 aliphatic carbocycles. The Labute approximate surface area is 202 Å². The lowest BCUT2D eigenvalue weighted by atomic mass is 9.93. The highest BCUT2D eigenvalue weighted by Gasteiger charge is 2.11. The van der Waals surface area contributed by atoms with E-state index >= 15 is 0 Å². The summed E-state index contributed by atoms with van der Waals surface area (Å²) >= 11 is 0.